The van der Waals surface area contributed by atoms with E-state index in [9.17, 15) is 4.39 Å². The van der Waals surface area contributed by atoms with E-state index < -0.39 is 0 Å². The maximum absolute atomic E-state index is 13.7. The van der Waals surface area contributed by atoms with Gasteiger partial charge in [0.15, 0.2) is 11.6 Å². The molecular formula is C15H23FN2O2. The molecule has 5 heteroatoms. The predicted molar refractivity (Wildman–Crippen MR) is 76.5 cm³/mol. The molecule has 112 valence electrons. The van der Waals surface area contributed by atoms with Gasteiger partial charge in [-0.1, -0.05) is 6.07 Å². The molecule has 1 atom stereocenters. The number of methoxy groups -OCH3 is 1. The third-order valence-electron chi connectivity index (χ3n) is 3.41. The van der Waals surface area contributed by atoms with Crippen molar-refractivity contribution >= 4 is 0 Å². The molecular weight excluding hydrogens is 259 g/mol. The molecule has 0 aliphatic carbocycles. The topological polar surface area (TPSA) is 24.9 Å². The minimum Gasteiger partial charge on any atom is -0.494 e. The third-order valence-corrected chi connectivity index (χ3v) is 3.41. The van der Waals surface area contributed by atoms with E-state index >= 15 is 0 Å². The van der Waals surface area contributed by atoms with Crippen LogP contribution in [0.3, 0.4) is 0 Å². The summed E-state index contributed by atoms with van der Waals surface area (Å²) in [7, 11) is 5.56. The molecule has 0 bridgehead atoms. The highest BCUT2D eigenvalue weighted by atomic mass is 19.1. The van der Waals surface area contributed by atoms with Gasteiger partial charge in [0.25, 0.3) is 0 Å². The Hall–Kier alpha value is -1.17. The first-order valence-electron chi connectivity index (χ1n) is 6.89. The number of ether oxygens (including phenoxy) is 2. The van der Waals surface area contributed by atoms with Crippen LogP contribution in [-0.4, -0.2) is 63.4 Å². The highest BCUT2D eigenvalue weighted by molar-refractivity contribution is 5.29. The molecule has 0 amide bonds. The van der Waals surface area contributed by atoms with Gasteiger partial charge in [-0.25, -0.2) is 4.39 Å². The number of hydrogen-bond acceptors (Lipinski definition) is 4. The zero-order valence-electron chi connectivity index (χ0n) is 12.4. The van der Waals surface area contributed by atoms with Gasteiger partial charge in [0.1, 0.15) is 0 Å². The zero-order chi connectivity index (χ0) is 14.5. The van der Waals surface area contributed by atoms with Gasteiger partial charge in [-0.2, -0.15) is 0 Å². The Kier molecular flexibility index (Phi) is 5.34. The molecule has 0 radical (unpaired) electrons. The lowest BCUT2D eigenvalue weighted by Crippen LogP contribution is -2.45. The molecule has 1 aromatic rings. The standard InChI is InChI=1S/C15H23FN2O2/c1-17(2)10-13-11-18(6-7-20-13)9-12-4-5-15(19-3)14(16)8-12/h4-5,8,13H,6-7,9-11H2,1-3H3. The maximum atomic E-state index is 13.7. The SMILES string of the molecule is COc1ccc(CN2CCOC(CN(C)C)C2)cc1F. The third kappa shape index (κ3) is 4.16. The number of hydrogen-bond donors (Lipinski definition) is 0. The van der Waals surface area contributed by atoms with Gasteiger partial charge < -0.3 is 14.4 Å². The molecule has 1 aliphatic heterocycles. The first-order chi connectivity index (χ1) is 9.58. The number of halogens is 1. The van der Waals surface area contributed by atoms with Gasteiger partial charge in [-0.15, -0.1) is 0 Å². The summed E-state index contributed by atoms with van der Waals surface area (Å²) in [4.78, 5) is 4.43. The summed E-state index contributed by atoms with van der Waals surface area (Å²) in [5.74, 6) is -0.00990. The first-order valence-corrected chi connectivity index (χ1v) is 6.89. The molecule has 1 unspecified atom stereocenters. The normalized spacial score (nSPS) is 20.4. The van der Waals surface area contributed by atoms with Crippen LogP contribution in [-0.2, 0) is 11.3 Å². The molecule has 1 aliphatic rings. The van der Waals surface area contributed by atoms with Gasteiger partial charge in [-0.05, 0) is 31.8 Å². The van der Waals surface area contributed by atoms with E-state index in [0.29, 0.717) is 5.75 Å². The van der Waals surface area contributed by atoms with Crippen molar-refractivity contribution in [3.8, 4) is 5.75 Å². The second kappa shape index (κ2) is 7.02. The van der Waals surface area contributed by atoms with Crippen molar-refractivity contribution in [3.63, 3.8) is 0 Å². The average molecular weight is 282 g/mol. The van der Waals surface area contributed by atoms with Crippen molar-refractivity contribution < 1.29 is 13.9 Å². The van der Waals surface area contributed by atoms with Crippen LogP contribution in [0.5, 0.6) is 5.75 Å². The Bertz CT molecular complexity index is 440. The van der Waals surface area contributed by atoms with Crippen molar-refractivity contribution in [2.45, 2.75) is 12.6 Å². The molecule has 4 nitrogen and oxygen atoms in total. The summed E-state index contributed by atoms with van der Waals surface area (Å²) >= 11 is 0. The van der Waals surface area contributed by atoms with Gasteiger partial charge in [-0.3, -0.25) is 4.90 Å². The highest BCUT2D eigenvalue weighted by Crippen LogP contribution is 2.19. The lowest BCUT2D eigenvalue weighted by atomic mass is 10.1. The number of rotatable bonds is 5. The molecule has 0 aromatic heterocycles. The summed E-state index contributed by atoms with van der Waals surface area (Å²) in [6.45, 7) is 4.15. The minimum atomic E-state index is -0.303. The summed E-state index contributed by atoms with van der Waals surface area (Å²) in [5, 5.41) is 0. The fraction of sp³-hybridized carbons (Fsp3) is 0.600. The molecule has 0 N–H and O–H groups in total. The molecule has 1 fully saturated rings. The van der Waals surface area contributed by atoms with Crippen molar-refractivity contribution in [2.24, 2.45) is 0 Å². The Morgan fingerprint density at radius 3 is 2.90 bits per heavy atom. The van der Waals surface area contributed by atoms with E-state index in [1.165, 1.54) is 7.11 Å². The van der Waals surface area contributed by atoms with E-state index in [4.69, 9.17) is 9.47 Å². The maximum Gasteiger partial charge on any atom is 0.165 e. The number of morpholine rings is 1. The van der Waals surface area contributed by atoms with Crippen LogP contribution in [0, 0.1) is 5.82 Å². The van der Waals surface area contributed by atoms with Crippen LogP contribution < -0.4 is 4.74 Å². The summed E-state index contributed by atoms with van der Waals surface area (Å²) in [6, 6.07) is 5.15. The molecule has 0 spiro atoms. The smallest absolute Gasteiger partial charge is 0.165 e. The summed E-state index contributed by atoms with van der Waals surface area (Å²) in [5.41, 5.74) is 0.966. The number of benzene rings is 1. The van der Waals surface area contributed by atoms with E-state index in [2.05, 4.69) is 9.80 Å². The van der Waals surface area contributed by atoms with Crippen molar-refractivity contribution in [1.29, 1.82) is 0 Å². The minimum absolute atomic E-state index is 0.224. The van der Waals surface area contributed by atoms with E-state index in [1.807, 2.05) is 20.2 Å². The lowest BCUT2D eigenvalue weighted by molar-refractivity contribution is -0.0406. The molecule has 1 heterocycles. The molecule has 1 saturated heterocycles. The average Bonchev–Trinajstić information content (AvgIpc) is 2.38. The lowest BCUT2D eigenvalue weighted by Gasteiger charge is -2.34. The quantitative estimate of drug-likeness (QED) is 0.819. The van der Waals surface area contributed by atoms with E-state index in [0.717, 1.165) is 38.3 Å². The Morgan fingerprint density at radius 1 is 1.45 bits per heavy atom. The van der Waals surface area contributed by atoms with Crippen molar-refractivity contribution in [3.05, 3.63) is 29.6 Å². The van der Waals surface area contributed by atoms with Gasteiger partial charge in [0.05, 0.1) is 19.8 Å². The number of likely N-dealkylation sites (N-methyl/N-ethyl adjacent to an activating group) is 1. The summed E-state index contributed by atoms with van der Waals surface area (Å²) in [6.07, 6.45) is 0.224. The predicted octanol–water partition coefficient (Wildman–Crippen LogP) is 1.60. The molecule has 1 aromatic carbocycles. The Balaban J connectivity index is 1.93. The fourth-order valence-corrected chi connectivity index (χ4v) is 2.51. The van der Waals surface area contributed by atoms with Crippen LogP contribution in [0.2, 0.25) is 0 Å². The van der Waals surface area contributed by atoms with Crippen molar-refractivity contribution in [1.82, 2.24) is 9.80 Å². The van der Waals surface area contributed by atoms with Crippen LogP contribution >= 0.6 is 0 Å². The summed E-state index contributed by atoms with van der Waals surface area (Å²) < 4.78 is 24.4. The van der Waals surface area contributed by atoms with E-state index in [-0.39, 0.29) is 11.9 Å². The second-order valence-corrected chi connectivity index (χ2v) is 5.46. The van der Waals surface area contributed by atoms with Gasteiger partial charge >= 0.3 is 0 Å². The second-order valence-electron chi connectivity index (χ2n) is 5.46. The van der Waals surface area contributed by atoms with Crippen LogP contribution in [0.4, 0.5) is 4.39 Å². The van der Waals surface area contributed by atoms with Crippen LogP contribution in [0.1, 0.15) is 5.56 Å². The van der Waals surface area contributed by atoms with Crippen LogP contribution in [0.15, 0.2) is 18.2 Å². The molecule has 0 saturated carbocycles. The van der Waals surface area contributed by atoms with Crippen molar-refractivity contribution in [2.75, 3.05) is 47.4 Å². The van der Waals surface area contributed by atoms with E-state index in [1.54, 1.807) is 12.1 Å². The highest BCUT2D eigenvalue weighted by Gasteiger charge is 2.21. The zero-order valence-corrected chi connectivity index (χ0v) is 12.4. The monoisotopic (exact) mass is 282 g/mol. The van der Waals surface area contributed by atoms with Crippen LogP contribution in [0.25, 0.3) is 0 Å². The molecule has 20 heavy (non-hydrogen) atoms. The van der Waals surface area contributed by atoms with Gasteiger partial charge in [0.2, 0.25) is 0 Å². The number of nitrogens with zero attached hydrogens (tertiary/aromatic N) is 2. The largest absolute Gasteiger partial charge is 0.494 e. The Labute approximate surface area is 120 Å². The molecule has 2 rings (SSSR count). The van der Waals surface area contributed by atoms with Gasteiger partial charge in [0, 0.05) is 26.2 Å². The Morgan fingerprint density at radius 2 is 2.25 bits per heavy atom. The fourth-order valence-electron chi connectivity index (χ4n) is 2.51. The first kappa shape index (κ1) is 15.2.